The molecular formula is C24H31N5O3. The van der Waals surface area contributed by atoms with E-state index in [4.69, 9.17) is 0 Å². The van der Waals surface area contributed by atoms with E-state index in [1.54, 1.807) is 29.2 Å². The van der Waals surface area contributed by atoms with Crippen LogP contribution in [0.1, 0.15) is 30.9 Å². The molecule has 1 heterocycles. The molecule has 1 aliphatic heterocycles. The summed E-state index contributed by atoms with van der Waals surface area (Å²) in [6.45, 7) is 7.47. The Morgan fingerprint density at radius 3 is 2.12 bits per heavy atom. The molecule has 3 rings (SSSR count). The maximum atomic E-state index is 12.6. The van der Waals surface area contributed by atoms with Gasteiger partial charge in [0.1, 0.15) is 0 Å². The largest absolute Gasteiger partial charge is 0.356 e. The van der Waals surface area contributed by atoms with Crippen molar-refractivity contribution < 1.29 is 14.4 Å². The van der Waals surface area contributed by atoms with E-state index in [0.717, 1.165) is 29.7 Å². The second-order valence-corrected chi connectivity index (χ2v) is 8.14. The summed E-state index contributed by atoms with van der Waals surface area (Å²) in [6.07, 6.45) is 1.59. The van der Waals surface area contributed by atoms with E-state index < -0.39 is 0 Å². The molecule has 5 amide bonds. The molecule has 0 spiro atoms. The quantitative estimate of drug-likeness (QED) is 0.560. The van der Waals surface area contributed by atoms with Crippen molar-refractivity contribution in [2.45, 2.75) is 33.6 Å². The summed E-state index contributed by atoms with van der Waals surface area (Å²) >= 11 is 0. The van der Waals surface area contributed by atoms with Gasteiger partial charge in [-0.3, -0.25) is 4.79 Å². The minimum Gasteiger partial charge on any atom is -0.356 e. The predicted molar refractivity (Wildman–Crippen MR) is 127 cm³/mol. The van der Waals surface area contributed by atoms with Crippen molar-refractivity contribution >= 4 is 35.0 Å². The molecule has 0 radical (unpaired) electrons. The van der Waals surface area contributed by atoms with Gasteiger partial charge < -0.3 is 26.2 Å². The fourth-order valence-corrected chi connectivity index (χ4v) is 3.87. The van der Waals surface area contributed by atoms with E-state index in [1.807, 2.05) is 39.0 Å². The maximum absolute atomic E-state index is 12.6. The van der Waals surface area contributed by atoms with Crippen LogP contribution in [0.15, 0.2) is 42.5 Å². The lowest BCUT2D eigenvalue weighted by molar-refractivity contribution is -0.126. The molecule has 0 bridgehead atoms. The van der Waals surface area contributed by atoms with E-state index in [2.05, 4.69) is 21.3 Å². The number of piperidine rings is 1. The van der Waals surface area contributed by atoms with Crippen molar-refractivity contribution in [2.75, 3.05) is 35.6 Å². The zero-order valence-corrected chi connectivity index (χ0v) is 18.8. The highest BCUT2D eigenvalue weighted by molar-refractivity contribution is 6.00. The van der Waals surface area contributed by atoms with Crippen LogP contribution in [0, 0.1) is 19.8 Å². The van der Waals surface area contributed by atoms with Crippen LogP contribution in [0.2, 0.25) is 0 Å². The molecule has 8 nitrogen and oxygen atoms in total. The van der Waals surface area contributed by atoms with Crippen LogP contribution < -0.4 is 21.3 Å². The summed E-state index contributed by atoms with van der Waals surface area (Å²) in [5, 5.41) is 11.3. The molecule has 8 heteroatoms. The maximum Gasteiger partial charge on any atom is 0.323 e. The number of rotatable bonds is 5. The number of likely N-dealkylation sites (tertiary alicyclic amines) is 1. The lowest BCUT2D eigenvalue weighted by atomic mass is 9.97. The fraction of sp³-hybridized carbons (Fsp3) is 0.375. The average molecular weight is 438 g/mol. The SMILES string of the molecule is CCNC(=O)C1CCCN(C(=O)Nc2ccc(NC(=O)Nc3cc(C)cc(C)c3)cc2)C1. The molecule has 0 saturated carbocycles. The number of nitrogens with one attached hydrogen (secondary N) is 4. The molecule has 1 aliphatic rings. The smallest absolute Gasteiger partial charge is 0.323 e. The third-order valence-corrected chi connectivity index (χ3v) is 5.30. The molecule has 4 N–H and O–H groups in total. The van der Waals surface area contributed by atoms with Gasteiger partial charge in [0.2, 0.25) is 5.91 Å². The monoisotopic (exact) mass is 437 g/mol. The van der Waals surface area contributed by atoms with Crippen LogP contribution in [0.25, 0.3) is 0 Å². The topological polar surface area (TPSA) is 103 Å². The molecule has 170 valence electrons. The molecule has 1 fully saturated rings. The van der Waals surface area contributed by atoms with E-state index >= 15 is 0 Å². The van der Waals surface area contributed by atoms with Crippen molar-refractivity contribution in [2.24, 2.45) is 5.92 Å². The van der Waals surface area contributed by atoms with Crippen molar-refractivity contribution in [3.8, 4) is 0 Å². The standard InChI is InChI=1S/C24H31N5O3/c1-4-25-22(30)18-6-5-11-29(15-18)24(32)28-20-9-7-19(8-10-20)26-23(31)27-21-13-16(2)12-17(3)14-21/h7-10,12-14,18H,4-6,11,15H2,1-3H3,(H,25,30)(H,28,32)(H2,26,27,31). The first-order valence-electron chi connectivity index (χ1n) is 10.9. The third kappa shape index (κ3) is 6.47. The molecular weight excluding hydrogens is 406 g/mol. The molecule has 0 aromatic heterocycles. The second-order valence-electron chi connectivity index (χ2n) is 8.14. The number of benzene rings is 2. The highest BCUT2D eigenvalue weighted by Gasteiger charge is 2.28. The van der Waals surface area contributed by atoms with Gasteiger partial charge in [-0.25, -0.2) is 9.59 Å². The Labute approximate surface area is 188 Å². The Balaban J connectivity index is 1.52. The number of aryl methyl sites for hydroxylation is 2. The van der Waals surface area contributed by atoms with Gasteiger partial charge in [-0.1, -0.05) is 6.07 Å². The summed E-state index contributed by atoms with van der Waals surface area (Å²) in [5.74, 6) is -0.170. The van der Waals surface area contributed by atoms with Crippen LogP contribution in [0.4, 0.5) is 26.7 Å². The van der Waals surface area contributed by atoms with Crippen LogP contribution in [0.5, 0.6) is 0 Å². The van der Waals surface area contributed by atoms with Gasteiger partial charge in [0.15, 0.2) is 0 Å². The Bertz CT molecular complexity index is 954. The molecule has 0 aliphatic carbocycles. The summed E-state index contributed by atoms with van der Waals surface area (Å²) in [6, 6.07) is 12.2. The van der Waals surface area contributed by atoms with Crippen molar-refractivity contribution in [3.63, 3.8) is 0 Å². The van der Waals surface area contributed by atoms with Crippen LogP contribution in [0.3, 0.4) is 0 Å². The predicted octanol–water partition coefficient (Wildman–Crippen LogP) is 4.33. The lowest BCUT2D eigenvalue weighted by Crippen LogP contribution is -2.46. The third-order valence-electron chi connectivity index (χ3n) is 5.30. The number of hydrogen-bond donors (Lipinski definition) is 4. The fourth-order valence-electron chi connectivity index (χ4n) is 3.87. The van der Waals surface area contributed by atoms with Crippen molar-refractivity contribution in [3.05, 3.63) is 53.6 Å². The molecule has 2 aromatic rings. The Hall–Kier alpha value is -3.55. The Morgan fingerprint density at radius 1 is 0.906 bits per heavy atom. The average Bonchev–Trinajstić information content (AvgIpc) is 2.74. The van der Waals surface area contributed by atoms with Gasteiger partial charge in [0.25, 0.3) is 0 Å². The lowest BCUT2D eigenvalue weighted by Gasteiger charge is -2.32. The number of anilines is 3. The Kier molecular flexibility index (Phi) is 7.70. The molecule has 2 aromatic carbocycles. The molecule has 1 saturated heterocycles. The molecule has 32 heavy (non-hydrogen) atoms. The van der Waals surface area contributed by atoms with E-state index in [-0.39, 0.29) is 23.9 Å². The normalized spacial score (nSPS) is 15.6. The number of urea groups is 2. The highest BCUT2D eigenvalue weighted by Crippen LogP contribution is 2.20. The van der Waals surface area contributed by atoms with E-state index in [0.29, 0.717) is 31.0 Å². The van der Waals surface area contributed by atoms with Gasteiger partial charge in [0, 0.05) is 36.7 Å². The van der Waals surface area contributed by atoms with Crippen molar-refractivity contribution in [1.29, 1.82) is 0 Å². The number of carbonyl (C=O) groups excluding carboxylic acids is 3. The number of nitrogens with zero attached hydrogens (tertiary/aromatic N) is 1. The zero-order chi connectivity index (χ0) is 23.1. The summed E-state index contributed by atoms with van der Waals surface area (Å²) in [5.41, 5.74) is 4.11. The first kappa shape index (κ1) is 23.1. The number of hydrogen-bond acceptors (Lipinski definition) is 3. The minimum atomic E-state index is -0.337. The van der Waals surface area contributed by atoms with Gasteiger partial charge in [0.05, 0.1) is 5.92 Å². The minimum absolute atomic E-state index is 0.000437. The van der Waals surface area contributed by atoms with E-state index in [9.17, 15) is 14.4 Å². The van der Waals surface area contributed by atoms with Gasteiger partial charge in [-0.2, -0.15) is 0 Å². The van der Waals surface area contributed by atoms with E-state index in [1.165, 1.54) is 0 Å². The number of amides is 5. The summed E-state index contributed by atoms with van der Waals surface area (Å²) < 4.78 is 0. The van der Waals surface area contributed by atoms with Crippen LogP contribution in [-0.4, -0.2) is 42.5 Å². The summed E-state index contributed by atoms with van der Waals surface area (Å²) in [4.78, 5) is 38.7. The van der Waals surface area contributed by atoms with Gasteiger partial charge in [-0.05, 0) is 81.1 Å². The first-order valence-corrected chi connectivity index (χ1v) is 10.9. The van der Waals surface area contributed by atoms with Crippen LogP contribution >= 0.6 is 0 Å². The summed E-state index contributed by atoms with van der Waals surface area (Å²) in [7, 11) is 0. The Morgan fingerprint density at radius 2 is 1.50 bits per heavy atom. The van der Waals surface area contributed by atoms with Crippen molar-refractivity contribution in [1.82, 2.24) is 10.2 Å². The highest BCUT2D eigenvalue weighted by atomic mass is 16.2. The second kappa shape index (κ2) is 10.7. The first-order chi connectivity index (χ1) is 15.3. The molecule has 1 atom stereocenters. The van der Waals surface area contributed by atoms with Gasteiger partial charge >= 0.3 is 12.1 Å². The number of carbonyl (C=O) groups is 3. The zero-order valence-electron chi connectivity index (χ0n) is 18.8. The van der Waals surface area contributed by atoms with Crippen LogP contribution in [-0.2, 0) is 4.79 Å². The van der Waals surface area contributed by atoms with Gasteiger partial charge in [-0.15, -0.1) is 0 Å². The molecule has 1 unspecified atom stereocenters.